The van der Waals surface area contributed by atoms with E-state index in [0.717, 1.165) is 11.4 Å². The van der Waals surface area contributed by atoms with Crippen LogP contribution in [0.5, 0.6) is 0 Å². The Morgan fingerprint density at radius 2 is 1.60 bits per heavy atom. The molecule has 6 heteroatoms. The Kier molecular flexibility index (Phi) is 5.06. The van der Waals surface area contributed by atoms with Crippen LogP contribution in [0.4, 0.5) is 11.5 Å². The van der Waals surface area contributed by atoms with E-state index in [9.17, 15) is 9.59 Å². The van der Waals surface area contributed by atoms with E-state index in [-0.39, 0.29) is 11.3 Å². The molecule has 2 aromatic heterocycles. The van der Waals surface area contributed by atoms with Crippen molar-refractivity contribution in [2.24, 2.45) is 0 Å². The number of aryl methyl sites for hydroxylation is 1. The average Bonchev–Trinajstić information content (AvgIpc) is 2.74. The monoisotopic (exact) mass is 398 g/mol. The summed E-state index contributed by atoms with van der Waals surface area (Å²) >= 11 is 0. The molecule has 0 saturated carbocycles. The summed E-state index contributed by atoms with van der Waals surface area (Å²) in [5.41, 5.74) is 2.88. The molecule has 0 unspecified atom stereocenters. The number of benzene rings is 2. The van der Waals surface area contributed by atoms with E-state index in [1.165, 1.54) is 11.0 Å². The predicted octanol–water partition coefficient (Wildman–Crippen LogP) is 4.14. The first-order valence-electron chi connectivity index (χ1n) is 9.62. The second-order valence-corrected chi connectivity index (χ2v) is 7.27. The highest BCUT2D eigenvalue weighted by Gasteiger charge is 2.20. The van der Waals surface area contributed by atoms with Crippen LogP contribution in [0.2, 0.25) is 0 Å². The molecule has 150 valence electrons. The molecule has 0 aliphatic rings. The zero-order chi connectivity index (χ0) is 21.3. The molecule has 1 amide bonds. The van der Waals surface area contributed by atoms with Gasteiger partial charge < -0.3 is 10.2 Å². The van der Waals surface area contributed by atoms with Gasteiger partial charge in [-0.1, -0.05) is 36.4 Å². The van der Waals surface area contributed by atoms with Crippen molar-refractivity contribution in [2.45, 2.75) is 6.92 Å². The Balaban J connectivity index is 2.08. The molecule has 0 radical (unpaired) electrons. The van der Waals surface area contributed by atoms with Gasteiger partial charge in [-0.3, -0.25) is 14.2 Å². The lowest BCUT2D eigenvalue weighted by atomic mass is 10.1. The van der Waals surface area contributed by atoms with E-state index in [1.807, 2.05) is 72.2 Å². The van der Waals surface area contributed by atoms with Crippen LogP contribution in [0.1, 0.15) is 16.1 Å². The summed E-state index contributed by atoms with van der Waals surface area (Å²) in [5, 5.41) is 3.63. The maximum Gasteiger partial charge on any atom is 0.254 e. The topological polar surface area (TPSA) is 67.2 Å². The Bertz CT molecular complexity index is 1280. The highest BCUT2D eigenvalue weighted by Crippen LogP contribution is 2.26. The molecule has 0 spiro atoms. The fourth-order valence-electron chi connectivity index (χ4n) is 3.45. The SMILES string of the molecule is Cc1cc(C(=O)N(C)C)c2c(=O)cc(Nc3ccccc3)n(-c3ccccc3)c2n1. The van der Waals surface area contributed by atoms with E-state index in [1.54, 1.807) is 20.2 Å². The van der Waals surface area contributed by atoms with Crippen LogP contribution in [0.15, 0.2) is 77.6 Å². The fraction of sp³-hybridized carbons (Fsp3) is 0.125. The van der Waals surface area contributed by atoms with Crippen LogP contribution in [0.3, 0.4) is 0 Å². The number of hydrogen-bond acceptors (Lipinski definition) is 4. The molecule has 0 saturated heterocycles. The highest BCUT2D eigenvalue weighted by molar-refractivity contribution is 6.06. The average molecular weight is 398 g/mol. The van der Waals surface area contributed by atoms with E-state index in [2.05, 4.69) is 10.3 Å². The molecule has 0 fully saturated rings. The molecule has 0 atom stereocenters. The zero-order valence-corrected chi connectivity index (χ0v) is 17.1. The lowest BCUT2D eigenvalue weighted by Gasteiger charge is -2.20. The first-order chi connectivity index (χ1) is 14.5. The van der Waals surface area contributed by atoms with Crippen molar-refractivity contribution in [3.63, 3.8) is 0 Å². The van der Waals surface area contributed by atoms with Crippen molar-refractivity contribution < 1.29 is 4.79 Å². The summed E-state index contributed by atoms with van der Waals surface area (Å²) in [6.45, 7) is 1.82. The number of nitrogens with zero attached hydrogens (tertiary/aromatic N) is 3. The molecular weight excluding hydrogens is 376 g/mol. The normalized spacial score (nSPS) is 10.8. The Morgan fingerprint density at radius 1 is 0.967 bits per heavy atom. The maximum atomic E-state index is 13.2. The number of rotatable bonds is 4. The summed E-state index contributed by atoms with van der Waals surface area (Å²) in [7, 11) is 3.34. The minimum absolute atomic E-state index is 0.231. The van der Waals surface area contributed by atoms with E-state index in [0.29, 0.717) is 28.1 Å². The minimum atomic E-state index is -0.256. The van der Waals surface area contributed by atoms with E-state index < -0.39 is 0 Å². The summed E-state index contributed by atoms with van der Waals surface area (Å²) in [4.78, 5) is 32.1. The van der Waals surface area contributed by atoms with Crippen LogP contribution < -0.4 is 10.7 Å². The van der Waals surface area contributed by atoms with Crippen molar-refractivity contribution in [3.8, 4) is 5.69 Å². The first-order valence-corrected chi connectivity index (χ1v) is 9.62. The highest BCUT2D eigenvalue weighted by atomic mass is 16.2. The fourth-order valence-corrected chi connectivity index (χ4v) is 3.45. The van der Waals surface area contributed by atoms with Gasteiger partial charge in [0.05, 0.1) is 10.9 Å². The van der Waals surface area contributed by atoms with Crippen molar-refractivity contribution in [1.29, 1.82) is 0 Å². The third-order valence-corrected chi connectivity index (χ3v) is 4.79. The number of fused-ring (bicyclic) bond motifs is 1. The molecule has 6 nitrogen and oxygen atoms in total. The van der Waals surface area contributed by atoms with Gasteiger partial charge in [-0.05, 0) is 37.3 Å². The molecule has 2 aromatic carbocycles. The summed E-state index contributed by atoms with van der Waals surface area (Å²) in [6.07, 6.45) is 0. The van der Waals surface area contributed by atoms with Gasteiger partial charge in [-0.15, -0.1) is 0 Å². The van der Waals surface area contributed by atoms with Crippen LogP contribution in [-0.4, -0.2) is 34.5 Å². The third-order valence-electron chi connectivity index (χ3n) is 4.79. The number of pyridine rings is 2. The number of aromatic nitrogens is 2. The summed E-state index contributed by atoms with van der Waals surface area (Å²) < 4.78 is 1.88. The maximum absolute atomic E-state index is 13.2. The Morgan fingerprint density at radius 3 is 2.23 bits per heavy atom. The van der Waals surface area contributed by atoms with Gasteiger partial charge in [0, 0.05) is 37.2 Å². The van der Waals surface area contributed by atoms with Gasteiger partial charge in [0.1, 0.15) is 5.82 Å². The number of carbonyl (C=O) groups is 1. The smallest absolute Gasteiger partial charge is 0.254 e. The molecule has 0 bridgehead atoms. The number of para-hydroxylation sites is 2. The van der Waals surface area contributed by atoms with Gasteiger partial charge >= 0.3 is 0 Å². The standard InChI is InChI=1S/C24H22N4O2/c1-16-14-19(24(30)27(2)3)22-20(29)15-21(26-17-10-6-4-7-11-17)28(23(22)25-16)18-12-8-5-9-13-18/h4-15,26H,1-3H3. The number of hydrogen-bond donors (Lipinski definition) is 1. The lowest BCUT2D eigenvalue weighted by Crippen LogP contribution is -2.25. The molecule has 1 N–H and O–H groups in total. The largest absolute Gasteiger partial charge is 0.345 e. The first kappa shape index (κ1) is 19.4. The zero-order valence-electron chi connectivity index (χ0n) is 17.1. The minimum Gasteiger partial charge on any atom is -0.345 e. The quantitative estimate of drug-likeness (QED) is 0.561. The van der Waals surface area contributed by atoms with Crippen LogP contribution in [0, 0.1) is 6.92 Å². The predicted molar refractivity (Wildman–Crippen MR) is 120 cm³/mol. The molecule has 0 aliphatic carbocycles. The summed E-state index contributed by atoms with van der Waals surface area (Å²) in [5.74, 6) is 0.345. The number of amides is 1. The molecule has 4 aromatic rings. The van der Waals surface area contributed by atoms with Gasteiger partial charge in [0.2, 0.25) is 0 Å². The summed E-state index contributed by atoms with van der Waals surface area (Å²) in [6, 6.07) is 22.5. The van der Waals surface area contributed by atoms with Crippen molar-refractivity contribution >= 4 is 28.4 Å². The van der Waals surface area contributed by atoms with Crippen LogP contribution in [0.25, 0.3) is 16.7 Å². The Hall–Kier alpha value is -3.93. The van der Waals surface area contributed by atoms with Crippen LogP contribution >= 0.6 is 0 Å². The second-order valence-electron chi connectivity index (χ2n) is 7.27. The van der Waals surface area contributed by atoms with Gasteiger partial charge in [0.25, 0.3) is 5.91 Å². The second kappa shape index (κ2) is 7.83. The van der Waals surface area contributed by atoms with Gasteiger partial charge in [-0.25, -0.2) is 4.98 Å². The number of anilines is 2. The van der Waals surface area contributed by atoms with Gasteiger partial charge in [-0.2, -0.15) is 0 Å². The van der Waals surface area contributed by atoms with Crippen molar-refractivity contribution in [2.75, 3.05) is 19.4 Å². The molecule has 4 rings (SSSR count). The number of nitrogens with one attached hydrogen (secondary N) is 1. The molecule has 0 aliphatic heterocycles. The number of carbonyl (C=O) groups excluding carboxylic acids is 1. The van der Waals surface area contributed by atoms with Crippen molar-refractivity contribution in [3.05, 3.63) is 94.3 Å². The Labute approximate surface area is 174 Å². The lowest BCUT2D eigenvalue weighted by molar-refractivity contribution is 0.0829. The van der Waals surface area contributed by atoms with E-state index >= 15 is 0 Å². The molecule has 2 heterocycles. The molecular formula is C24H22N4O2. The van der Waals surface area contributed by atoms with Crippen LogP contribution in [-0.2, 0) is 0 Å². The molecule has 30 heavy (non-hydrogen) atoms. The van der Waals surface area contributed by atoms with Gasteiger partial charge in [0.15, 0.2) is 11.1 Å². The van der Waals surface area contributed by atoms with Crippen molar-refractivity contribution in [1.82, 2.24) is 14.5 Å². The van der Waals surface area contributed by atoms with E-state index in [4.69, 9.17) is 0 Å². The third kappa shape index (κ3) is 3.55.